The van der Waals surface area contributed by atoms with Crippen molar-refractivity contribution in [1.29, 1.82) is 0 Å². The molecule has 1 saturated carbocycles. The van der Waals surface area contributed by atoms with E-state index in [-0.39, 0.29) is 0 Å². The Morgan fingerprint density at radius 3 is 2.75 bits per heavy atom. The van der Waals surface area contributed by atoms with Gasteiger partial charge in [-0.05, 0) is 61.1 Å². The summed E-state index contributed by atoms with van der Waals surface area (Å²) in [6, 6.07) is 6.26. The SMILES string of the molecule is C=C1CCCC(C)(C)C1CCc1ccc(OC)cc1Br. The van der Waals surface area contributed by atoms with Crippen LogP contribution in [0.15, 0.2) is 34.8 Å². The second-order valence-electron chi connectivity index (χ2n) is 6.55. The summed E-state index contributed by atoms with van der Waals surface area (Å²) in [7, 11) is 1.70. The van der Waals surface area contributed by atoms with Crippen LogP contribution in [0.2, 0.25) is 0 Å². The molecule has 1 nitrogen and oxygen atoms in total. The fourth-order valence-corrected chi connectivity index (χ4v) is 3.98. The normalized spacial score (nSPS) is 21.8. The third-order valence-electron chi connectivity index (χ3n) is 4.72. The molecule has 1 unspecified atom stereocenters. The maximum atomic E-state index is 5.25. The number of ether oxygens (including phenoxy) is 1. The zero-order chi connectivity index (χ0) is 14.8. The van der Waals surface area contributed by atoms with Crippen molar-refractivity contribution in [3.63, 3.8) is 0 Å². The van der Waals surface area contributed by atoms with Crippen LogP contribution in [-0.4, -0.2) is 7.11 Å². The van der Waals surface area contributed by atoms with E-state index in [9.17, 15) is 0 Å². The molecule has 1 aromatic rings. The fourth-order valence-electron chi connectivity index (χ4n) is 3.42. The molecule has 0 aliphatic heterocycles. The van der Waals surface area contributed by atoms with Gasteiger partial charge >= 0.3 is 0 Å². The molecule has 0 amide bonds. The van der Waals surface area contributed by atoms with Crippen molar-refractivity contribution < 1.29 is 4.74 Å². The van der Waals surface area contributed by atoms with E-state index in [2.05, 4.69) is 48.5 Å². The highest BCUT2D eigenvalue weighted by Gasteiger charge is 2.34. The lowest BCUT2D eigenvalue weighted by molar-refractivity contribution is 0.180. The number of hydrogen-bond acceptors (Lipinski definition) is 1. The first-order valence-electron chi connectivity index (χ1n) is 7.44. The predicted molar refractivity (Wildman–Crippen MR) is 89.3 cm³/mol. The van der Waals surface area contributed by atoms with E-state index >= 15 is 0 Å². The average Bonchev–Trinajstić information content (AvgIpc) is 2.39. The van der Waals surface area contributed by atoms with E-state index < -0.39 is 0 Å². The number of rotatable bonds is 4. The van der Waals surface area contributed by atoms with E-state index in [1.807, 2.05) is 6.07 Å². The lowest BCUT2D eigenvalue weighted by Crippen LogP contribution is -2.29. The number of aryl methyl sites for hydroxylation is 1. The van der Waals surface area contributed by atoms with Crippen molar-refractivity contribution in [2.45, 2.75) is 46.0 Å². The summed E-state index contributed by atoms with van der Waals surface area (Å²) >= 11 is 3.65. The van der Waals surface area contributed by atoms with Crippen molar-refractivity contribution in [2.24, 2.45) is 11.3 Å². The average molecular weight is 337 g/mol. The third-order valence-corrected chi connectivity index (χ3v) is 5.46. The molecule has 0 radical (unpaired) electrons. The van der Waals surface area contributed by atoms with E-state index in [0.29, 0.717) is 11.3 Å². The summed E-state index contributed by atoms with van der Waals surface area (Å²) in [6.07, 6.45) is 6.11. The van der Waals surface area contributed by atoms with Gasteiger partial charge in [0, 0.05) is 4.47 Å². The summed E-state index contributed by atoms with van der Waals surface area (Å²) in [4.78, 5) is 0. The molecule has 2 rings (SSSR count). The molecule has 1 fully saturated rings. The van der Waals surface area contributed by atoms with Crippen molar-refractivity contribution in [3.05, 3.63) is 40.4 Å². The zero-order valence-corrected chi connectivity index (χ0v) is 14.4. The molecule has 0 saturated heterocycles. The molecule has 2 heteroatoms. The molecular formula is C18H25BrO. The smallest absolute Gasteiger partial charge is 0.120 e. The minimum absolute atomic E-state index is 0.397. The molecule has 0 aromatic heterocycles. The van der Waals surface area contributed by atoms with Crippen molar-refractivity contribution in [1.82, 2.24) is 0 Å². The molecule has 0 spiro atoms. The zero-order valence-electron chi connectivity index (χ0n) is 12.8. The Hall–Kier alpha value is -0.760. The molecule has 1 aromatic carbocycles. The lowest BCUT2D eigenvalue weighted by atomic mass is 9.65. The van der Waals surface area contributed by atoms with Crippen LogP contribution in [0.5, 0.6) is 5.75 Å². The molecule has 110 valence electrons. The summed E-state index contributed by atoms with van der Waals surface area (Å²) in [5.41, 5.74) is 3.21. The minimum Gasteiger partial charge on any atom is -0.497 e. The van der Waals surface area contributed by atoms with Crippen LogP contribution in [0.4, 0.5) is 0 Å². The molecule has 20 heavy (non-hydrogen) atoms. The molecule has 0 N–H and O–H groups in total. The van der Waals surface area contributed by atoms with E-state index in [1.54, 1.807) is 7.11 Å². The van der Waals surface area contributed by atoms with Crippen LogP contribution in [-0.2, 0) is 6.42 Å². The van der Waals surface area contributed by atoms with Gasteiger partial charge in [-0.25, -0.2) is 0 Å². The summed E-state index contributed by atoms with van der Waals surface area (Å²) < 4.78 is 6.40. The first kappa shape index (κ1) is 15.6. The summed E-state index contributed by atoms with van der Waals surface area (Å²) in [5.74, 6) is 1.55. The number of hydrogen-bond donors (Lipinski definition) is 0. The second-order valence-corrected chi connectivity index (χ2v) is 7.40. The van der Waals surface area contributed by atoms with Gasteiger partial charge in [-0.15, -0.1) is 0 Å². The van der Waals surface area contributed by atoms with Gasteiger partial charge in [0.2, 0.25) is 0 Å². The molecule has 1 aliphatic rings. The monoisotopic (exact) mass is 336 g/mol. The highest BCUT2D eigenvalue weighted by Crippen LogP contribution is 2.45. The lowest BCUT2D eigenvalue weighted by Gasteiger charge is -2.40. The molecule has 0 heterocycles. The highest BCUT2D eigenvalue weighted by atomic mass is 79.9. The van der Waals surface area contributed by atoms with Gasteiger partial charge in [0.05, 0.1) is 7.11 Å². The number of benzene rings is 1. The largest absolute Gasteiger partial charge is 0.497 e. The van der Waals surface area contributed by atoms with Gasteiger partial charge in [-0.3, -0.25) is 0 Å². The standard InChI is InChI=1S/C18H25BrO/c1-13-6-5-11-18(2,3)16(13)10-8-14-7-9-15(20-4)12-17(14)19/h7,9,12,16H,1,5-6,8,10-11H2,2-4H3. The van der Waals surface area contributed by atoms with Gasteiger partial charge in [-0.1, -0.05) is 48.0 Å². The van der Waals surface area contributed by atoms with Crippen LogP contribution in [0.1, 0.15) is 45.1 Å². The van der Waals surface area contributed by atoms with Crippen molar-refractivity contribution >= 4 is 15.9 Å². The Bertz CT molecular complexity index is 490. The van der Waals surface area contributed by atoms with Gasteiger partial charge in [-0.2, -0.15) is 0 Å². The summed E-state index contributed by atoms with van der Waals surface area (Å²) in [6.45, 7) is 9.11. The summed E-state index contributed by atoms with van der Waals surface area (Å²) in [5, 5.41) is 0. The van der Waals surface area contributed by atoms with Crippen LogP contribution >= 0.6 is 15.9 Å². The molecule has 0 bridgehead atoms. The van der Waals surface area contributed by atoms with Crippen molar-refractivity contribution in [2.75, 3.05) is 7.11 Å². The van der Waals surface area contributed by atoms with E-state index in [1.165, 1.54) is 36.8 Å². The van der Waals surface area contributed by atoms with Crippen LogP contribution in [0, 0.1) is 11.3 Å². The van der Waals surface area contributed by atoms with Gasteiger partial charge in [0.15, 0.2) is 0 Å². The highest BCUT2D eigenvalue weighted by molar-refractivity contribution is 9.10. The Morgan fingerprint density at radius 1 is 1.40 bits per heavy atom. The number of allylic oxidation sites excluding steroid dienone is 1. The van der Waals surface area contributed by atoms with Crippen LogP contribution in [0.25, 0.3) is 0 Å². The first-order chi connectivity index (χ1) is 9.44. The van der Waals surface area contributed by atoms with Crippen LogP contribution in [0.3, 0.4) is 0 Å². The Morgan fingerprint density at radius 2 is 2.15 bits per heavy atom. The maximum absolute atomic E-state index is 5.25. The fraction of sp³-hybridized carbons (Fsp3) is 0.556. The minimum atomic E-state index is 0.397. The third kappa shape index (κ3) is 3.46. The Kier molecular flexibility index (Phi) is 4.95. The number of halogens is 1. The van der Waals surface area contributed by atoms with Crippen LogP contribution < -0.4 is 4.74 Å². The van der Waals surface area contributed by atoms with E-state index in [4.69, 9.17) is 4.74 Å². The Labute approximate surface area is 131 Å². The topological polar surface area (TPSA) is 9.23 Å². The number of methoxy groups -OCH3 is 1. The molecule has 1 aliphatic carbocycles. The van der Waals surface area contributed by atoms with Gasteiger partial charge in [0.25, 0.3) is 0 Å². The van der Waals surface area contributed by atoms with Crippen molar-refractivity contribution in [3.8, 4) is 5.75 Å². The van der Waals surface area contributed by atoms with E-state index in [0.717, 1.165) is 16.6 Å². The quantitative estimate of drug-likeness (QED) is 0.634. The molecule has 1 atom stereocenters. The predicted octanol–water partition coefficient (Wildman–Crippen LogP) is 5.77. The first-order valence-corrected chi connectivity index (χ1v) is 8.23. The van der Waals surface area contributed by atoms with Gasteiger partial charge in [0.1, 0.15) is 5.75 Å². The Balaban J connectivity index is 2.06. The van der Waals surface area contributed by atoms with Gasteiger partial charge < -0.3 is 4.74 Å². The molecular weight excluding hydrogens is 312 g/mol. The maximum Gasteiger partial charge on any atom is 0.120 e. The second kappa shape index (κ2) is 6.34.